The SMILES string of the molecule is O=C(Nc1nc2c(s1)CN(S(=O)(=O)C1CC1)CC2)c1cccc(Cl)c1. The minimum Gasteiger partial charge on any atom is -0.298 e. The summed E-state index contributed by atoms with van der Waals surface area (Å²) in [4.78, 5) is 17.6. The van der Waals surface area contributed by atoms with Crippen LogP contribution in [-0.4, -0.2) is 35.4 Å². The minimum atomic E-state index is -3.18. The number of rotatable bonds is 4. The van der Waals surface area contributed by atoms with Crippen molar-refractivity contribution in [3.05, 3.63) is 45.4 Å². The lowest BCUT2D eigenvalue weighted by Crippen LogP contribution is -2.37. The number of nitrogens with zero attached hydrogens (tertiary/aromatic N) is 2. The standard InChI is InChI=1S/C16H16ClN3O3S2/c17-11-3-1-2-10(8-11)15(21)19-16-18-13-6-7-20(9-14(13)24-16)25(22,23)12-4-5-12/h1-3,8,12H,4-7,9H2,(H,18,19,21). The highest BCUT2D eigenvalue weighted by atomic mass is 35.5. The molecule has 0 spiro atoms. The van der Waals surface area contributed by atoms with Crippen molar-refractivity contribution in [1.82, 2.24) is 9.29 Å². The maximum absolute atomic E-state index is 12.4. The first-order valence-corrected chi connectivity index (χ1v) is 10.7. The predicted molar refractivity (Wildman–Crippen MR) is 97.6 cm³/mol. The molecule has 2 aliphatic rings. The normalized spacial score (nSPS) is 18.0. The number of hydrogen-bond donors (Lipinski definition) is 1. The number of carbonyl (C=O) groups is 1. The van der Waals surface area contributed by atoms with Gasteiger partial charge in [-0.15, -0.1) is 11.3 Å². The van der Waals surface area contributed by atoms with Crippen molar-refractivity contribution in [2.45, 2.75) is 31.1 Å². The van der Waals surface area contributed by atoms with E-state index in [-0.39, 0.29) is 11.2 Å². The third-order valence-corrected chi connectivity index (χ3v) is 7.89. The molecule has 2 heterocycles. The van der Waals surface area contributed by atoms with Crippen LogP contribution in [0.15, 0.2) is 24.3 Å². The van der Waals surface area contributed by atoms with Crippen molar-refractivity contribution in [3.63, 3.8) is 0 Å². The Morgan fingerprint density at radius 1 is 1.36 bits per heavy atom. The molecular formula is C16H16ClN3O3S2. The number of fused-ring (bicyclic) bond motifs is 1. The summed E-state index contributed by atoms with van der Waals surface area (Å²) in [6.07, 6.45) is 2.09. The van der Waals surface area contributed by atoms with E-state index in [0.29, 0.717) is 35.2 Å². The van der Waals surface area contributed by atoms with Gasteiger partial charge < -0.3 is 0 Å². The van der Waals surface area contributed by atoms with E-state index in [0.717, 1.165) is 23.4 Å². The minimum absolute atomic E-state index is 0.205. The zero-order valence-electron chi connectivity index (χ0n) is 13.2. The first-order valence-electron chi connectivity index (χ1n) is 7.98. The number of anilines is 1. The molecule has 1 N–H and O–H groups in total. The van der Waals surface area contributed by atoms with Crippen LogP contribution in [0.1, 0.15) is 33.8 Å². The quantitative estimate of drug-likeness (QED) is 0.860. The van der Waals surface area contributed by atoms with Crippen molar-refractivity contribution in [2.75, 3.05) is 11.9 Å². The van der Waals surface area contributed by atoms with Gasteiger partial charge in [0.2, 0.25) is 10.0 Å². The van der Waals surface area contributed by atoms with Gasteiger partial charge in [-0.3, -0.25) is 10.1 Å². The monoisotopic (exact) mass is 397 g/mol. The van der Waals surface area contributed by atoms with Crippen molar-refractivity contribution < 1.29 is 13.2 Å². The van der Waals surface area contributed by atoms with Crippen LogP contribution < -0.4 is 5.32 Å². The highest BCUT2D eigenvalue weighted by Gasteiger charge is 2.41. The molecule has 1 aliphatic carbocycles. The average molecular weight is 398 g/mol. The zero-order chi connectivity index (χ0) is 17.6. The topological polar surface area (TPSA) is 79.4 Å². The molecule has 0 radical (unpaired) electrons. The molecule has 6 nitrogen and oxygen atoms in total. The molecule has 4 rings (SSSR count). The van der Waals surface area contributed by atoms with Gasteiger partial charge in [0, 0.05) is 35.0 Å². The number of halogens is 1. The van der Waals surface area contributed by atoms with Gasteiger partial charge >= 0.3 is 0 Å². The summed E-state index contributed by atoms with van der Waals surface area (Å²) < 4.78 is 26.3. The summed E-state index contributed by atoms with van der Waals surface area (Å²) in [5, 5.41) is 3.55. The van der Waals surface area contributed by atoms with Gasteiger partial charge in [0.05, 0.1) is 10.9 Å². The van der Waals surface area contributed by atoms with E-state index in [2.05, 4.69) is 10.3 Å². The third-order valence-electron chi connectivity index (χ3n) is 4.31. The van der Waals surface area contributed by atoms with Gasteiger partial charge in [-0.1, -0.05) is 17.7 Å². The lowest BCUT2D eigenvalue weighted by atomic mass is 10.2. The van der Waals surface area contributed by atoms with Gasteiger partial charge in [0.1, 0.15) is 0 Å². The Hall–Kier alpha value is -1.48. The number of amides is 1. The first-order chi connectivity index (χ1) is 11.9. The number of benzene rings is 1. The Morgan fingerprint density at radius 2 is 2.16 bits per heavy atom. The Labute approximate surface area is 154 Å². The van der Waals surface area contributed by atoms with Crippen molar-refractivity contribution in [1.29, 1.82) is 0 Å². The van der Waals surface area contributed by atoms with E-state index >= 15 is 0 Å². The number of carbonyl (C=O) groups excluding carboxylic acids is 1. The van der Waals surface area contributed by atoms with Crippen molar-refractivity contribution in [3.8, 4) is 0 Å². The van der Waals surface area contributed by atoms with Crippen LogP contribution in [0, 0.1) is 0 Å². The van der Waals surface area contributed by atoms with Crippen molar-refractivity contribution >= 4 is 44.0 Å². The fourth-order valence-corrected chi connectivity index (χ4v) is 5.92. The molecule has 0 atom stereocenters. The van der Waals surface area contributed by atoms with Gasteiger partial charge in [-0.05, 0) is 31.0 Å². The Bertz CT molecular complexity index is 938. The lowest BCUT2D eigenvalue weighted by Gasteiger charge is -2.25. The molecule has 0 unspecified atom stereocenters. The molecule has 1 aromatic carbocycles. The second-order valence-corrected chi connectivity index (χ2v) is 9.91. The molecule has 1 amide bonds. The van der Waals surface area contributed by atoms with E-state index in [9.17, 15) is 13.2 Å². The largest absolute Gasteiger partial charge is 0.298 e. The molecule has 1 aromatic heterocycles. The maximum Gasteiger partial charge on any atom is 0.257 e. The molecule has 132 valence electrons. The van der Waals surface area contributed by atoms with E-state index in [1.807, 2.05) is 0 Å². The summed E-state index contributed by atoms with van der Waals surface area (Å²) in [6, 6.07) is 6.69. The number of sulfonamides is 1. The zero-order valence-corrected chi connectivity index (χ0v) is 15.6. The summed E-state index contributed by atoms with van der Waals surface area (Å²) in [6.45, 7) is 0.802. The molecule has 1 fully saturated rings. The van der Waals surface area contributed by atoms with E-state index in [4.69, 9.17) is 11.6 Å². The lowest BCUT2D eigenvalue weighted by molar-refractivity contribution is 0.102. The number of nitrogens with one attached hydrogen (secondary N) is 1. The van der Waals surface area contributed by atoms with Crippen LogP contribution >= 0.6 is 22.9 Å². The van der Waals surface area contributed by atoms with E-state index < -0.39 is 10.0 Å². The second-order valence-electron chi connectivity index (χ2n) is 6.18. The highest BCUT2D eigenvalue weighted by Crippen LogP contribution is 2.35. The molecular weight excluding hydrogens is 382 g/mol. The van der Waals surface area contributed by atoms with Gasteiger partial charge in [0.25, 0.3) is 5.91 Å². The fraction of sp³-hybridized carbons (Fsp3) is 0.375. The predicted octanol–water partition coefficient (Wildman–Crippen LogP) is 2.90. The fourth-order valence-electron chi connectivity index (χ4n) is 2.82. The van der Waals surface area contributed by atoms with Crippen LogP contribution in [0.3, 0.4) is 0 Å². The number of thiazole rings is 1. The Kier molecular flexibility index (Phi) is 4.31. The van der Waals surface area contributed by atoms with Crippen molar-refractivity contribution in [2.24, 2.45) is 0 Å². The van der Waals surface area contributed by atoms with Gasteiger partial charge in [-0.2, -0.15) is 4.31 Å². The van der Waals surface area contributed by atoms with Crippen LogP contribution in [0.2, 0.25) is 5.02 Å². The average Bonchev–Trinajstić information content (AvgIpc) is 3.36. The van der Waals surface area contributed by atoms with E-state index in [1.165, 1.54) is 11.3 Å². The highest BCUT2D eigenvalue weighted by molar-refractivity contribution is 7.90. The van der Waals surface area contributed by atoms with Crippen LogP contribution in [0.4, 0.5) is 5.13 Å². The summed E-state index contributed by atoms with van der Waals surface area (Å²) in [5.74, 6) is -0.281. The summed E-state index contributed by atoms with van der Waals surface area (Å²) in [5.41, 5.74) is 1.33. The number of hydrogen-bond acceptors (Lipinski definition) is 5. The molecule has 0 saturated heterocycles. The molecule has 2 aromatic rings. The van der Waals surface area contributed by atoms with Crippen LogP contribution in [0.5, 0.6) is 0 Å². The van der Waals surface area contributed by atoms with Crippen LogP contribution in [-0.2, 0) is 23.0 Å². The first kappa shape index (κ1) is 17.0. The number of aromatic nitrogens is 1. The molecule has 9 heteroatoms. The van der Waals surface area contributed by atoms with Crippen LogP contribution in [0.25, 0.3) is 0 Å². The second kappa shape index (κ2) is 6.35. The molecule has 0 bridgehead atoms. The third kappa shape index (κ3) is 3.44. The van der Waals surface area contributed by atoms with E-state index in [1.54, 1.807) is 28.6 Å². The van der Waals surface area contributed by atoms with Gasteiger partial charge in [-0.25, -0.2) is 13.4 Å². The maximum atomic E-state index is 12.4. The van der Waals surface area contributed by atoms with Gasteiger partial charge in [0.15, 0.2) is 5.13 Å². The summed E-state index contributed by atoms with van der Waals surface area (Å²) in [7, 11) is -3.18. The summed E-state index contributed by atoms with van der Waals surface area (Å²) >= 11 is 7.24. The smallest absolute Gasteiger partial charge is 0.257 e. The molecule has 25 heavy (non-hydrogen) atoms. The Balaban J connectivity index is 1.49. The molecule has 1 aliphatic heterocycles. The Morgan fingerprint density at radius 3 is 2.88 bits per heavy atom. The molecule has 1 saturated carbocycles.